The van der Waals surface area contributed by atoms with Gasteiger partial charge in [-0.05, 0) is 58.1 Å². The number of phenols is 2. The Hall–Kier alpha value is -4.22. The van der Waals surface area contributed by atoms with Gasteiger partial charge in [0.2, 0.25) is 11.7 Å². The van der Waals surface area contributed by atoms with E-state index in [0.717, 1.165) is 12.8 Å². The number of rotatable bonds is 28. The number of ketones is 3. The highest BCUT2D eigenvalue weighted by Gasteiger charge is 2.50. The summed E-state index contributed by atoms with van der Waals surface area (Å²) in [5.74, 6) is -4.25. The van der Waals surface area contributed by atoms with Gasteiger partial charge in [-0.25, -0.2) is 0 Å². The number of hydrogen-bond donors (Lipinski definition) is 7. The fourth-order valence-electron chi connectivity index (χ4n) is 9.18. The summed E-state index contributed by atoms with van der Waals surface area (Å²) in [6.07, 6.45) is 17.1. The van der Waals surface area contributed by atoms with Crippen molar-refractivity contribution in [2.45, 2.75) is 172 Å². The Morgan fingerprint density at radius 3 is 2.23 bits per heavy atom. The topological polar surface area (TPSA) is 230 Å². The Labute approximate surface area is 383 Å². The van der Waals surface area contributed by atoms with Crippen LogP contribution in [0.4, 0.5) is 0 Å². The maximum absolute atomic E-state index is 14.0. The molecule has 0 bridgehead atoms. The van der Waals surface area contributed by atoms with Crippen LogP contribution in [0.2, 0.25) is 0 Å². The van der Waals surface area contributed by atoms with Gasteiger partial charge < -0.3 is 49.8 Å². The number of unbranched alkanes of at least 4 members (excludes halogenated alkanes) is 12. The fraction of sp³-hybridized carbons (Fsp3) is 0.640. The number of nitrogens with one attached hydrogen (secondary N) is 2. The summed E-state index contributed by atoms with van der Waals surface area (Å²) in [4.78, 5) is 53.8. The van der Waals surface area contributed by atoms with Crippen LogP contribution < -0.4 is 15.4 Å². The highest BCUT2D eigenvalue weighted by Crippen LogP contribution is 2.52. The standard InChI is InChI=1S/C50H72N2O13/c1-4-5-6-7-8-9-10-11-12-13-14-15-16-17-18-19-26-63-31-51-25-21-24-39(55)52-35-27-40(64-32(2)45(35)56)65-37-29-50(61,38(54)30-53)28-34-42(37)49(60)44-43(47(34)58)46(57)33-22-20-23-36(62-3)41(33)48(44)59/h11-12,20,22-23,32,35,37,40,45,51,53,56,58,60-61H,4-10,13-19,21,24-31H2,1-3H3,(H,52,55)/b12-11-/t32-,35?,37-,40-,45+,50-/m0/s1. The van der Waals surface area contributed by atoms with Gasteiger partial charge in [0.05, 0.1) is 48.8 Å². The van der Waals surface area contributed by atoms with Gasteiger partial charge >= 0.3 is 0 Å². The van der Waals surface area contributed by atoms with Crippen molar-refractivity contribution < 1.29 is 63.7 Å². The molecule has 3 aliphatic rings. The zero-order valence-corrected chi connectivity index (χ0v) is 38.5. The first-order valence-corrected chi connectivity index (χ1v) is 23.8. The Balaban J connectivity index is 1.06. The number of aromatic hydroxyl groups is 2. The Kier molecular flexibility index (Phi) is 20.4. The van der Waals surface area contributed by atoms with Crippen LogP contribution in [-0.2, 0) is 30.2 Å². The normalized spacial score (nSPS) is 22.7. The minimum atomic E-state index is -2.32. The molecule has 1 unspecified atom stereocenters. The van der Waals surface area contributed by atoms with Gasteiger partial charge in [0.1, 0.15) is 35.6 Å². The van der Waals surface area contributed by atoms with E-state index >= 15 is 0 Å². The van der Waals surface area contributed by atoms with E-state index in [4.69, 9.17) is 18.9 Å². The molecule has 15 nitrogen and oxygen atoms in total. The van der Waals surface area contributed by atoms with E-state index in [2.05, 4.69) is 29.7 Å². The first-order chi connectivity index (χ1) is 31.4. The molecule has 2 aromatic carbocycles. The van der Waals surface area contributed by atoms with E-state index in [1.807, 2.05) is 0 Å². The Morgan fingerprint density at radius 2 is 1.55 bits per heavy atom. The first-order valence-electron chi connectivity index (χ1n) is 23.8. The van der Waals surface area contributed by atoms with Gasteiger partial charge in [0.25, 0.3) is 0 Å². The summed E-state index contributed by atoms with van der Waals surface area (Å²) in [5, 5.41) is 61.8. The summed E-state index contributed by atoms with van der Waals surface area (Å²) in [6.45, 7) is 4.37. The highest BCUT2D eigenvalue weighted by atomic mass is 16.7. The molecule has 1 heterocycles. The molecule has 1 saturated heterocycles. The zero-order valence-electron chi connectivity index (χ0n) is 38.5. The number of amides is 1. The van der Waals surface area contributed by atoms with Gasteiger partial charge in [-0.3, -0.25) is 24.5 Å². The quantitative estimate of drug-likeness (QED) is 0.0178. The van der Waals surface area contributed by atoms with Gasteiger partial charge in [-0.1, -0.05) is 89.0 Å². The van der Waals surface area contributed by atoms with Crippen LogP contribution in [0.5, 0.6) is 17.2 Å². The van der Waals surface area contributed by atoms with E-state index < -0.39 is 95.7 Å². The van der Waals surface area contributed by atoms with E-state index in [-0.39, 0.29) is 46.8 Å². The Morgan fingerprint density at radius 1 is 0.892 bits per heavy atom. The van der Waals surface area contributed by atoms with Crippen LogP contribution in [0, 0.1) is 0 Å². The summed E-state index contributed by atoms with van der Waals surface area (Å²) in [6, 6.07) is 3.53. The van der Waals surface area contributed by atoms with Gasteiger partial charge in [0, 0.05) is 49.0 Å². The average Bonchev–Trinajstić information content (AvgIpc) is 3.29. The summed E-state index contributed by atoms with van der Waals surface area (Å²) >= 11 is 0. The van der Waals surface area contributed by atoms with Gasteiger partial charge in [0.15, 0.2) is 17.9 Å². The molecule has 5 rings (SSSR count). The monoisotopic (exact) mass is 909 g/mol. The molecule has 1 amide bonds. The van der Waals surface area contributed by atoms with Gasteiger partial charge in [-0.2, -0.15) is 0 Å². The molecule has 2 aromatic rings. The lowest BCUT2D eigenvalue weighted by molar-refractivity contribution is -0.249. The smallest absolute Gasteiger partial charge is 0.220 e. The third-order valence-corrected chi connectivity index (χ3v) is 12.9. The maximum atomic E-state index is 14.0. The number of aliphatic hydroxyl groups is 3. The minimum absolute atomic E-state index is 0.0714. The van der Waals surface area contributed by atoms with Crippen molar-refractivity contribution in [2.75, 3.05) is 33.6 Å². The summed E-state index contributed by atoms with van der Waals surface area (Å²) < 4.78 is 23.3. The summed E-state index contributed by atoms with van der Waals surface area (Å²) in [7, 11) is 1.32. The molecule has 6 atom stereocenters. The number of ether oxygens (including phenoxy) is 4. The van der Waals surface area contributed by atoms with Crippen molar-refractivity contribution >= 4 is 23.3 Å². The van der Waals surface area contributed by atoms with Gasteiger partial charge in [-0.15, -0.1) is 0 Å². The van der Waals surface area contributed by atoms with E-state index in [1.165, 1.54) is 102 Å². The zero-order chi connectivity index (χ0) is 46.9. The molecular formula is C50H72N2O13. The second-order valence-corrected chi connectivity index (χ2v) is 17.8. The average molecular weight is 909 g/mol. The third kappa shape index (κ3) is 13.5. The molecule has 7 N–H and O–H groups in total. The molecule has 0 radical (unpaired) electrons. The largest absolute Gasteiger partial charge is 0.507 e. The number of phenolic OH excluding ortho intramolecular Hbond substituents is 2. The van der Waals surface area contributed by atoms with E-state index in [9.17, 15) is 44.7 Å². The van der Waals surface area contributed by atoms with Crippen molar-refractivity contribution in [1.29, 1.82) is 0 Å². The SMILES string of the molecule is CCCCCCCC/C=C\CCCCCCCCOCNCCCC(=O)NC1C[C@H](O[C@H]2C[C@](O)(C(=O)CO)Cc3c(O)c4c(c(O)c32)C(=O)c2c(OC)cccc2C4=O)O[C@@H](C)[C@H]1O. The number of carbonyl (C=O) groups is 4. The molecule has 360 valence electrons. The number of fused-ring (bicyclic) bond motifs is 3. The maximum Gasteiger partial charge on any atom is 0.220 e. The van der Waals surface area contributed by atoms with Crippen molar-refractivity contribution in [3.05, 3.63) is 63.7 Å². The molecule has 65 heavy (non-hydrogen) atoms. The van der Waals surface area contributed by atoms with Crippen molar-refractivity contribution in [3.63, 3.8) is 0 Å². The van der Waals surface area contributed by atoms with Crippen LogP contribution >= 0.6 is 0 Å². The molecule has 0 saturated carbocycles. The van der Waals surface area contributed by atoms with E-state index in [1.54, 1.807) is 6.92 Å². The molecule has 2 aliphatic carbocycles. The second kappa shape index (κ2) is 25.6. The van der Waals surface area contributed by atoms with Crippen LogP contribution in [0.3, 0.4) is 0 Å². The van der Waals surface area contributed by atoms with Crippen molar-refractivity contribution in [3.8, 4) is 17.2 Å². The first kappa shape index (κ1) is 51.8. The number of carbonyl (C=O) groups excluding carboxylic acids is 4. The summed E-state index contributed by atoms with van der Waals surface area (Å²) in [5.41, 5.74) is -3.88. The number of hydrogen-bond acceptors (Lipinski definition) is 14. The molecule has 15 heteroatoms. The third-order valence-electron chi connectivity index (χ3n) is 12.9. The number of aliphatic hydroxyl groups excluding tert-OH is 2. The molecule has 1 fully saturated rings. The number of methoxy groups -OCH3 is 1. The van der Waals surface area contributed by atoms with Crippen LogP contribution in [-0.4, -0.2) is 113 Å². The van der Waals surface area contributed by atoms with Crippen molar-refractivity contribution in [1.82, 2.24) is 10.6 Å². The molecule has 0 aromatic heterocycles. The Bertz CT molecular complexity index is 1950. The van der Waals surface area contributed by atoms with Crippen molar-refractivity contribution in [2.24, 2.45) is 0 Å². The molecule has 1 aliphatic heterocycles. The second-order valence-electron chi connectivity index (χ2n) is 17.8. The predicted molar refractivity (Wildman–Crippen MR) is 243 cm³/mol. The number of Topliss-reactive ketones (excluding diaryl/α,β-unsaturated/α-hetero) is 1. The lowest BCUT2D eigenvalue weighted by atomic mass is 9.72. The lowest BCUT2D eigenvalue weighted by Gasteiger charge is -2.43. The number of benzene rings is 2. The molecular weight excluding hydrogens is 837 g/mol. The van der Waals surface area contributed by atoms with E-state index in [0.29, 0.717) is 26.3 Å². The van der Waals surface area contributed by atoms with Crippen LogP contribution in [0.15, 0.2) is 30.4 Å². The predicted octanol–water partition coefficient (Wildman–Crippen LogP) is 6.54. The minimum Gasteiger partial charge on any atom is -0.507 e. The molecule has 0 spiro atoms. The highest BCUT2D eigenvalue weighted by molar-refractivity contribution is 6.31. The number of allylic oxidation sites excluding steroid dienone is 2. The lowest BCUT2D eigenvalue weighted by Crippen LogP contribution is -2.55. The van der Waals surface area contributed by atoms with Crippen LogP contribution in [0.25, 0.3) is 0 Å². The fourth-order valence-corrected chi connectivity index (χ4v) is 9.18. The van der Waals surface area contributed by atoms with Crippen LogP contribution in [0.1, 0.15) is 178 Å².